The van der Waals surface area contributed by atoms with Gasteiger partial charge in [-0.1, -0.05) is 34.8 Å². The molecule has 2 aromatic heterocycles. The molecule has 0 spiro atoms. The SMILES string of the molecule is Cc1csc2c(=O)[nH]c(=O)[nH]c12.O=C=NC(=O)C(Cl)(Cl)Cl. The highest BCUT2D eigenvalue weighted by atomic mass is 35.6. The van der Waals surface area contributed by atoms with Gasteiger partial charge in [-0.15, -0.1) is 16.3 Å². The normalized spacial score (nSPS) is 10.5. The minimum atomic E-state index is -2.14. The van der Waals surface area contributed by atoms with Gasteiger partial charge in [-0.2, -0.15) is 0 Å². The Hall–Kier alpha value is -1.44. The van der Waals surface area contributed by atoms with Crippen LogP contribution < -0.4 is 11.2 Å². The number of fused-ring (bicyclic) bond motifs is 1. The van der Waals surface area contributed by atoms with Crippen LogP contribution >= 0.6 is 46.1 Å². The molecular weight excluding hydrogens is 365 g/mol. The Morgan fingerprint density at radius 1 is 1.33 bits per heavy atom. The Bertz CT molecular complexity index is 826. The minimum absolute atomic E-state index is 0.313. The second-order valence-corrected chi connectivity index (χ2v) is 6.70. The molecule has 112 valence electrons. The van der Waals surface area contributed by atoms with Crippen LogP contribution in [0.2, 0.25) is 0 Å². The maximum absolute atomic E-state index is 11.1. The molecule has 2 aromatic rings. The van der Waals surface area contributed by atoms with E-state index in [1.807, 2.05) is 12.3 Å². The number of aliphatic imine (C=N–C) groups is 1. The van der Waals surface area contributed by atoms with E-state index in [1.54, 1.807) is 0 Å². The fourth-order valence-corrected chi connectivity index (χ4v) is 2.20. The van der Waals surface area contributed by atoms with E-state index < -0.39 is 15.4 Å². The van der Waals surface area contributed by atoms with Crippen molar-refractivity contribution in [1.82, 2.24) is 9.97 Å². The topological polar surface area (TPSA) is 112 Å². The molecule has 0 bridgehead atoms. The number of rotatable bonds is 0. The first kappa shape index (κ1) is 17.6. The molecule has 0 aliphatic heterocycles. The van der Waals surface area contributed by atoms with Gasteiger partial charge in [0, 0.05) is 0 Å². The fraction of sp³-hybridized carbons (Fsp3) is 0.200. The molecule has 0 aliphatic rings. The minimum Gasteiger partial charge on any atom is -0.306 e. The summed E-state index contributed by atoms with van der Waals surface area (Å²) in [6.45, 7) is 1.86. The van der Waals surface area contributed by atoms with Crippen molar-refractivity contribution in [1.29, 1.82) is 0 Å². The molecule has 21 heavy (non-hydrogen) atoms. The van der Waals surface area contributed by atoms with Gasteiger partial charge >= 0.3 is 11.6 Å². The number of aryl methyl sites for hydroxylation is 1. The Labute approximate surface area is 135 Å². The summed E-state index contributed by atoms with van der Waals surface area (Å²) in [5.41, 5.74) is 0.813. The zero-order chi connectivity index (χ0) is 16.2. The van der Waals surface area contributed by atoms with E-state index in [2.05, 4.69) is 15.0 Å². The van der Waals surface area contributed by atoms with Gasteiger partial charge in [-0.25, -0.2) is 9.59 Å². The van der Waals surface area contributed by atoms with Gasteiger partial charge < -0.3 is 4.98 Å². The maximum atomic E-state index is 11.1. The van der Waals surface area contributed by atoms with E-state index in [4.69, 9.17) is 34.8 Å². The molecule has 11 heteroatoms. The summed E-state index contributed by atoms with van der Waals surface area (Å²) in [4.78, 5) is 48.9. The second-order valence-electron chi connectivity index (χ2n) is 3.54. The number of thiophene rings is 1. The lowest BCUT2D eigenvalue weighted by Gasteiger charge is -2.00. The van der Waals surface area contributed by atoms with Gasteiger partial charge in [-0.05, 0) is 17.9 Å². The second kappa shape index (κ2) is 7.02. The molecule has 0 aliphatic carbocycles. The van der Waals surface area contributed by atoms with E-state index in [0.717, 1.165) is 11.6 Å². The first-order valence-corrected chi connectivity index (χ1v) is 7.07. The van der Waals surface area contributed by atoms with Crippen LogP contribution in [-0.4, -0.2) is 25.7 Å². The number of alkyl halides is 3. The molecule has 2 rings (SSSR count). The monoisotopic (exact) mass is 369 g/mol. The van der Waals surface area contributed by atoms with Crippen molar-refractivity contribution in [2.45, 2.75) is 10.7 Å². The smallest absolute Gasteiger partial charge is 0.306 e. The van der Waals surface area contributed by atoms with E-state index in [0.29, 0.717) is 10.2 Å². The van der Waals surface area contributed by atoms with Crippen molar-refractivity contribution < 1.29 is 9.59 Å². The quantitative estimate of drug-likeness (QED) is 0.418. The number of aromatic amines is 2. The van der Waals surface area contributed by atoms with Crippen molar-refractivity contribution in [3.63, 3.8) is 0 Å². The van der Waals surface area contributed by atoms with Crippen LogP contribution in [0.15, 0.2) is 20.0 Å². The lowest BCUT2D eigenvalue weighted by molar-refractivity contribution is -0.116. The largest absolute Gasteiger partial charge is 0.326 e. The first-order valence-electron chi connectivity index (χ1n) is 5.06. The van der Waals surface area contributed by atoms with Crippen LogP contribution in [0, 0.1) is 6.92 Å². The van der Waals surface area contributed by atoms with Crippen LogP contribution in [-0.2, 0) is 9.59 Å². The third-order valence-electron chi connectivity index (χ3n) is 2.04. The Morgan fingerprint density at radius 3 is 2.43 bits per heavy atom. The van der Waals surface area contributed by atoms with E-state index in [1.165, 1.54) is 11.3 Å². The predicted octanol–water partition coefficient (Wildman–Crippen LogP) is 1.81. The molecule has 0 saturated carbocycles. The van der Waals surface area contributed by atoms with Gasteiger partial charge in [0.15, 0.2) is 0 Å². The van der Waals surface area contributed by atoms with Crippen LogP contribution in [0.5, 0.6) is 0 Å². The van der Waals surface area contributed by atoms with Crippen LogP contribution in [0.3, 0.4) is 0 Å². The van der Waals surface area contributed by atoms with Gasteiger partial charge in [0.2, 0.25) is 6.08 Å². The summed E-state index contributed by atoms with van der Waals surface area (Å²) in [5, 5.41) is 1.84. The number of carbonyl (C=O) groups excluding carboxylic acids is 2. The summed E-state index contributed by atoms with van der Waals surface area (Å²) < 4.78 is -1.57. The number of nitrogens with one attached hydrogen (secondary N) is 2. The lowest BCUT2D eigenvalue weighted by Crippen LogP contribution is -2.20. The van der Waals surface area contributed by atoms with Crippen LogP contribution in [0.1, 0.15) is 5.56 Å². The molecule has 2 heterocycles. The maximum Gasteiger partial charge on any atom is 0.326 e. The van der Waals surface area contributed by atoms with Crippen molar-refractivity contribution in [2.24, 2.45) is 4.99 Å². The van der Waals surface area contributed by atoms with Gasteiger partial charge in [0.1, 0.15) is 4.70 Å². The number of hydrogen-bond donors (Lipinski definition) is 2. The zero-order valence-electron chi connectivity index (χ0n) is 10.2. The molecule has 0 fully saturated rings. The molecule has 0 radical (unpaired) electrons. The summed E-state index contributed by atoms with van der Waals surface area (Å²) in [6, 6.07) is 0. The highest BCUT2D eigenvalue weighted by Crippen LogP contribution is 2.26. The Morgan fingerprint density at radius 2 is 1.95 bits per heavy atom. The molecule has 2 N–H and O–H groups in total. The van der Waals surface area contributed by atoms with Crippen LogP contribution in [0.4, 0.5) is 0 Å². The van der Waals surface area contributed by atoms with E-state index in [9.17, 15) is 19.2 Å². The standard InChI is InChI=1S/C7H6N2O2S.C3Cl3NO2/c1-3-2-12-5-4(3)8-7(11)9-6(5)10;4-3(5,6)2(9)7-1-8/h2H,1H3,(H2,8,9,10,11);. The predicted molar refractivity (Wildman–Crippen MR) is 81.2 cm³/mol. The molecule has 1 amide bonds. The third kappa shape index (κ3) is 4.80. The van der Waals surface area contributed by atoms with Gasteiger partial charge in [-0.3, -0.25) is 14.6 Å². The summed E-state index contributed by atoms with van der Waals surface area (Å²) in [7, 11) is 0. The average Bonchev–Trinajstić information content (AvgIpc) is 2.71. The number of halogens is 3. The number of amides is 1. The molecular formula is C10H6Cl3N3O4S. The average molecular weight is 371 g/mol. The summed E-state index contributed by atoms with van der Waals surface area (Å²) in [6.07, 6.45) is 0.946. The summed E-state index contributed by atoms with van der Waals surface area (Å²) >= 11 is 16.2. The van der Waals surface area contributed by atoms with Crippen LogP contribution in [0.25, 0.3) is 10.2 Å². The zero-order valence-corrected chi connectivity index (χ0v) is 13.3. The third-order valence-corrected chi connectivity index (χ3v) is 3.62. The number of aromatic nitrogens is 2. The molecule has 0 saturated heterocycles. The fourth-order valence-electron chi connectivity index (χ4n) is 1.18. The van der Waals surface area contributed by atoms with Crippen molar-refractivity contribution in [3.05, 3.63) is 31.8 Å². The van der Waals surface area contributed by atoms with Crippen molar-refractivity contribution in [2.75, 3.05) is 0 Å². The summed E-state index contributed by atoms with van der Waals surface area (Å²) in [5.74, 6) is -1.14. The highest BCUT2D eigenvalue weighted by molar-refractivity contribution is 7.17. The number of nitrogens with zero attached hydrogens (tertiary/aromatic N) is 1. The Balaban J connectivity index is 0.000000222. The van der Waals surface area contributed by atoms with Crippen molar-refractivity contribution in [3.8, 4) is 0 Å². The van der Waals surface area contributed by atoms with Gasteiger partial charge in [0.05, 0.1) is 5.52 Å². The van der Waals surface area contributed by atoms with E-state index >= 15 is 0 Å². The van der Waals surface area contributed by atoms with E-state index in [-0.39, 0.29) is 5.56 Å². The first-order chi connectivity index (χ1) is 9.66. The number of hydrogen-bond acceptors (Lipinski definition) is 5. The number of carbonyl (C=O) groups is 1. The molecule has 0 unspecified atom stereocenters. The van der Waals surface area contributed by atoms with Gasteiger partial charge in [0.25, 0.3) is 9.35 Å². The molecule has 0 aromatic carbocycles. The Kier molecular flexibility index (Phi) is 5.88. The number of H-pyrrole nitrogens is 2. The molecule has 7 nitrogen and oxygen atoms in total. The van der Waals surface area contributed by atoms with Crippen molar-refractivity contribution >= 4 is 68.3 Å². The molecule has 0 atom stereocenters. The highest BCUT2D eigenvalue weighted by Gasteiger charge is 2.30. The number of isocyanates is 1. The lowest BCUT2D eigenvalue weighted by atomic mass is 10.3.